The first-order chi connectivity index (χ1) is 12.6. The second-order valence-corrected chi connectivity index (χ2v) is 7.15. The van der Waals surface area contributed by atoms with Crippen LogP contribution in [0.15, 0.2) is 42.5 Å². The summed E-state index contributed by atoms with van der Waals surface area (Å²) in [6.07, 6.45) is 1.92. The molecule has 26 heavy (non-hydrogen) atoms. The highest BCUT2D eigenvalue weighted by molar-refractivity contribution is 5.39. The predicted octanol–water partition coefficient (Wildman–Crippen LogP) is 2.94. The van der Waals surface area contributed by atoms with Gasteiger partial charge in [-0.15, -0.1) is 0 Å². The second-order valence-electron chi connectivity index (χ2n) is 7.15. The van der Waals surface area contributed by atoms with Crippen LogP contribution < -0.4 is 5.32 Å². The third-order valence-electron chi connectivity index (χ3n) is 5.14. The van der Waals surface area contributed by atoms with Crippen molar-refractivity contribution < 1.29 is 9.13 Å². The summed E-state index contributed by atoms with van der Waals surface area (Å²) in [5.41, 5.74) is 1.41. The van der Waals surface area contributed by atoms with Crippen molar-refractivity contribution in [2.75, 3.05) is 25.0 Å². The number of ether oxygens (including phenoxy) is 1. The summed E-state index contributed by atoms with van der Waals surface area (Å²) in [6, 6.07) is 14.4. The summed E-state index contributed by atoms with van der Waals surface area (Å²) in [6.45, 7) is 3.32. The summed E-state index contributed by atoms with van der Waals surface area (Å²) >= 11 is 0. The molecule has 6 heteroatoms. The number of nitrogens with zero attached hydrogens (tertiary/aromatic N) is 3. The van der Waals surface area contributed by atoms with E-state index in [2.05, 4.69) is 21.3 Å². The zero-order valence-electron chi connectivity index (χ0n) is 14.5. The lowest BCUT2D eigenvalue weighted by atomic mass is 9.97. The van der Waals surface area contributed by atoms with E-state index in [9.17, 15) is 4.39 Å². The molecule has 2 aromatic rings. The van der Waals surface area contributed by atoms with Crippen molar-refractivity contribution in [1.29, 1.82) is 5.26 Å². The molecule has 2 saturated heterocycles. The Balaban J connectivity index is 1.34. The first-order valence-corrected chi connectivity index (χ1v) is 8.89. The highest BCUT2D eigenvalue weighted by atomic mass is 19.1. The molecule has 0 aliphatic carbocycles. The van der Waals surface area contributed by atoms with Crippen molar-refractivity contribution in [3.05, 3.63) is 59.5 Å². The minimum Gasteiger partial charge on any atom is -0.371 e. The molecule has 2 aliphatic rings. The van der Waals surface area contributed by atoms with E-state index in [0.29, 0.717) is 12.3 Å². The molecule has 0 unspecified atom stereocenters. The van der Waals surface area contributed by atoms with Gasteiger partial charge in [-0.05, 0) is 36.2 Å². The Hall–Kier alpha value is -2.49. The number of aromatic nitrogens is 1. The fourth-order valence-electron chi connectivity index (χ4n) is 3.92. The summed E-state index contributed by atoms with van der Waals surface area (Å²) in [5.74, 6) is 0.518. The fraction of sp³-hybridized carbons (Fsp3) is 0.400. The first kappa shape index (κ1) is 17.0. The van der Waals surface area contributed by atoms with Crippen LogP contribution in [0, 0.1) is 17.1 Å². The molecule has 2 atom stereocenters. The Morgan fingerprint density at radius 2 is 2.15 bits per heavy atom. The Morgan fingerprint density at radius 1 is 1.31 bits per heavy atom. The lowest BCUT2D eigenvalue weighted by molar-refractivity contribution is 0.0120. The van der Waals surface area contributed by atoms with Gasteiger partial charge >= 0.3 is 0 Å². The van der Waals surface area contributed by atoms with Gasteiger partial charge < -0.3 is 10.1 Å². The van der Waals surface area contributed by atoms with Gasteiger partial charge in [-0.1, -0.05) is 18.2 Å². The Bertz CT molecular complexity index is 819. The molecule has 4 rings (SSSR count). The van der Waals surface area contributed by atoms with E-state index < -0.39 is 0 Å². The van der Waals surface area contributed by atoms with Crippen LogP contribution in [0.5, 0.6) is 0 Å². The van der Waals surface area contributed by atoms with E-state index in [4.69, 9.17) is 10.00 Å². The van der Waals surface area contributed by atoms with E-state index in [1.165, 1.54) is 12.1 Å². The maximum Gasteiger partial charge on any atom is 0.142 e. The standard InChI is InChI=1S/C20H21FN4O/c21-16-6-4-15(5-7-16)12-25-9-8-20(14-25)10-18(13-26-20)24-19-3-1-2-17(11-22)23-19/h1-7,18H,8-10,12-14H2,(H,23,24)/t18-,20-/m0/s1. The normalized spacial score (nSPS) is 25.5. The molecule has 0 amide bonds. The van der Waals surface area contributed by atoms with Crippen molar-refractivity contribution in [2.24, 2.45) is 0 Å². The number of nitriles is 1. The number of nitrogens with one attached hydrogen (secondary N) is 1. The lowest BCUT2D eigenvalue weighted by Crippen LogP contribution is -2.33. The average molecular weight is 352 g/mol. The molecule has 0 bridgehead atoms. The maximum absolute atomic E-state index is 13.0. The van der Waals surface area contributed by atoms with Crippen molar-refractivity contribution in [1.82, 2.24) is 9.88 Å². The third-order valence-corrected chi connectivity index (χ3v) is 5.14. The number of hydrogen-bond acceptors (Lipinski definition) is 5. The van der Waals surface area contributed by atoms with Gasteiger partial charge in [-0.3, -0.25) is 4.90 Å². The number of hydrogen-bond donors (Lipinski definition) is 1. The largest absolute Gasteiger partial charge is 0.371 e. The predicted molar refractivity (Wildman–Crippen MR) is 96.0 cm³/mol. The molecule has 1 spiro atoms. The first-order valence-electron chi connectivity index (χ1n) is 8.89. The van der Waals surface area contributed by atoms with Crippen molar-refractivity contribution in [2.45, 2.75) is 31.0 Å². The number of anilines is 1. The Labute approximate surface area is 152 Å². The van der Waals surface area contributed by atoms with E-state index in [-0.39, 0.29) is 17.5 Å². The zero-order chi connectivity index (χ0) is 18.0. The van der Waals surface area contributed by atoms with E-state index in [0.717, 1.165) is 43.9 Å². The lowest BCUT2D eigenvalue weighted by Gasteiger charge is -2.23. The van der Waals surface area contributed by atoms with Crippen LogP contribution in [0.3, 0.4) is 0 Å². The summed E-state index contributed by atoms with van der Waals surface area (Å²) in [5, 5.41) is 12.4. The summed E-state index contributed by atoms with van der Waals surface area (Å²) in [7, 11) is 0. The molecule has 3 heterocycles. The average Bonchev–Trinajstić information content (AvgIpc) is 3.23. The minimum atomic E-state index is -0.200. The van der Waals surface area contributed by atoms with Crippen LogP contribution in [0.4, 0.5) is 10.2 Å². The van der Waals surface area contributed by atoms with Crippen LogP contribution in [-0.4, -0.2) is 41.2 Å². The van der Waals surface area contributed by atoms with Gasteiger partial charge in [0.05, 0.1) is 18.2 Å². The van der Waals surface area contributed by atoms with Crippen LogP contribution in [0.1, 0.15) is 24.1 Å². The van der Waals surface area contributed by atoms with Gasteiger partial charge in [0.25, 0.3) is 0 Å². The van der Waals surface area contributed by atoms with Crippen LogP contribution in [0.25, 0.3) is 0 Å². The van der Waals surface area contributed by atoms with Crippen molar-refractivity contribution in [3.8, 4) is 6.07 Å². The van der Waals surface area contributed by atoms with Crippen LogP contribution in [0.2, 0.25) is 0 Å². The number of likely N-dealkylation sites (tertiary alicyclic amines) is 1. The second kappa shape index (κ2) is 7.02. The topological polar surface area (TPSA) is 61.2 Å². The smallest absolute Gasteiger partial charge is 0.142 e. The van der Waals surface area contributed by atoms with Crippen LogP contribution >= 0.6 is 0 Å². The number of benzene rings is 1. The van der Waals surface area contributed by atoms with Crippen molar-refractivity contribution >= 4 is 5.82 Å². The van der Waals surface area contributed by atoms with Crippen molar-refractivity contribution in [3.63, 3.8) is 0 Å². The molecule has 2 aliphatic heterocycles. The van der Waals surface area contributed by atoms with Gasteiger partial charge in [0, 0.05) is 26.1 Å². The fourth-order valence-corrected chi connectivity index (χ4v) is 3.92. The molecule has 1 N–H and O–H groups in total. The number of rotatable bonds is 4. The Kier molecular flexibility index (Phi) is 4.58. The third kappa shape index (κ3) is 3.69. The van der Waals surface area contributed by atoms with Gasteiger partial charge in [0.15, 0.2) is 0 Å². The molecule has 1 aromatic heterocycles. The van der Waals surface area contributed by atoms with Gasteiger partial charge in [-0.25, -0.2) is 9.37 Å². The molecule has 0 radical (unpaired) electrons. The monoisotopic (exact) mass is 352 g/mol. The summed E-state index contributed by atoms with van der Waals surface area (Å²) in [4.78, 5) is 6.64. The van der Waals surface area contributed by atoms with Gasteiger partial charge in [-0.2, -0.15) is 5.26 Å². The Morgan fingerprint density at radius 3 is 2.96 bits per heavy atom. The van der Waals surface area contributed by atoms with E-state index in [1.807, 2.05) is 24.3 Å². The highest BCUT2D eigenvalue weighted by Crippen LogP contribution is 2.36. The molecule has 0 saturated carbocycles. The number of halogens is 1. The maximum atomic E-state index is 13.0. The molecule has 1 aromatic carbocycles. The SMILES string of the molecule is N#Cc1cccc(N[C@@H]2CO[C@@]3(CCN(Cc4ccc(F)cc4)C3)C2)n1. The minimum absolute atomic E-state index is 0.121. The molecule has 5 nitrogen and oxygen atoms in total. The molecule has 134 valence electrons. The van der Waals surface area contributed by atoms with Crippen LogP contribution in [-0.2, 0) is 11.3 Å². The van der Waals surface area contributed by atoms with E-state index in [1.54, 1.807) is 6.07 Å². The zero-order valence-corrected chi connectivity index (χ0v) is 14.5. The molecular formula is C20H21FN4O. The van der Waals surface area contributed by atoms with Gasteiger partial charge in [0.2, 0.25) is 0 Å². The molecule has 2 fully saturated rings. The molecular weight excluding hydrogens is 331 g/mol. The van der Waals surface area contributed by atoms with E-state index >= 15 is 0 Å². The van der Waals surface area contributed by atoms with Gasteiger partial charge in [0.1, 0.15) is 23.4 Å². The quantitative estimate of drug-likeness (QED) is 0.917. The number of pyridine rings is 1. The summed E-state index contributed by atoms with van der Waals surface area (Å²) < 4.78 is 19.2. The highest BCUT2D eigenvalue weighted by Gasteiger charge is 2.45.